The number of nitrogens with zero attached hydrogens (tertiary/aromatic N) is 2. The van der Waals surface area contributed by atoms with Crippen LogP contribution in [0.2, 0.25) is 5.02 Å². The molecule has 0 atom stereocenters. The van der Waals surface area contributed by atoms with Gasteiger partial charge in [-0.15, -0.1) is 11.3 Å². The SMILES string of the molecule is N=C(N)c1cccc(CN2CCN(S(=O)(=O)c3cc4c(Cl)cccc4s3)CC2=O)c1. The standard InChI is InChI=1S/C20H19ClN4O3S2/c21-16-5-2-6-17-15(16)10-19(29-17)30(27,28)25-8-7-24(18(26)12-25)11-13-3-1-4-14(9-13)20(22)23/h1-6,9-10H,7-8,11-12H2,(H3,22,23). The number of amides is 1. The fraction of sp³-hybridized carbons (Fsp3) is 0.200. The van der Waals surface area contributed by atoms with Gasteiger partial charge in [0.1, 0.15) is 10.0 Å². The van der Waals surface area contributed by atoms with Gasteiger partial charge >= 0.3 is 0 Å². The molecule has 1 saturated heterocycles. The van der Waals surface area contributed by atoms with Crippen molar-refractivity contribution in [1.82, 2.24) is 9.21 Å². The van der Waals surface area contributed by atoms with Crippen LogP contribution in [0.25, 0.3) is 10.1 Å². The number of carbonyl (C=O) groups is 1. The quantitative estimate of drug-likeness (QED) is 0.449. The topological polar surface area (TPSA) is 108 Å². The van der Waals surface area contributed by atoms with Gasteiger partial charge in [-0.05, 0) is 29.8 Å². The summed E-state index contributed by atoms with van der Waals surface area (Å²) in [6, 6.07) is 14.0. The summed E-state index contributed by atoms with van der Waals surface area (Å²) in [5.41, 5.74) is 6.95. The van der Waals surface area contributed by atoms with Crippen molar-refractivity contribution in [3.63, 3.8) is 0 Å². The van der Waals surface area contributed by atoms with Crippen LogP contribution in [-0.4, -0.2) is 49.0 Å². The highest BCUT2D eigenvalue weighted by molar-refractivity contribution is 7.91. The minimum atomic E-state index is -3.79. The van der Waals surface area contributed by atoms with E-state index in [4.69, 9.17) is 22.7 Å². The number of thiophene rings is 1. The largest absolute Gasteiger partial charge is 0.384 e. The van der Waals surface area contributed by atoms with E-state index in [0.717, 1.165) is 21.6 Å². The third-order valence-corrected chi connectivity index (χ3v) is 8.70. The van der Waals surface area contributed by atoms with Crippen molar-refractivity contribution in [3.8, 4) is 0 Å². The molecular weight excluding hydrogens is 444 g/mol. The highest BCUT2D eigenvalue weighted by Crippen LogP contribution is 2.35. The van der Waals surface area contributed by atoms with E-state index in [1.165, 1.54) is 4.31 Å². The molecule has 156 valence electrons. The molecule has 30 heavy (non-hydrogen) atoms. The van der Waals surface area contributed by atoms with Crippen LogP contribution in [0.4, 0.5) is 0 Å². The molecule has 0 unspecified atom stereocenters. The second-order valence-electron chi connectivity index (χ2n) is 6.99. The van der Waals surface area contributed by atoms with Crippen LogP contribution in [0.5, 0.6) is 0 Å². The first-order chi connectivity index (χ1) is 14.3. The van der Waals surface area contributed by atoms with E-state index in [2.05, 4.69) is 0 Å². The summed E-state index contributed by atoms with van der Waals surface area (Å²) in [6.45, 7) is 0.625. The molecule has 2 heterocycles. The van der Waals surface area contributed by atoms with Gasteiger partial charge in [-0.2, -0.15) is 4.31 Å². The average molecular weight is 463 g/mol. The fourth-order valence-corrected chi connectivity index (χ4v) is 6.61. The Bertz CT molecular complexity index is 1260. The van der Waals surface area contributed by atoms with Gasteiger partial charge in [-0.1, -0.05) is 35.9 Å². The minimum Gasteiger partial charge on any atom is -0.384 e. The van der Waals surface area contributed by atoms with Gasteiger partial charge in [0.2, 0.25) is 5.91 Å². The number of hydrogen-bond acceptors (Lipinski definition) is 5. The Morgan fingerprint density at radius 2 is 1.93 bits per heavy atom. The number of nitrogen functional groups attached to an aromatic ring is 1. The average Bonchev–Trinajstić information content (AvgIpc) is 3.16. The number of benzene rings is 2. The van der Waals surface area contributed by atoms with E-state index < -0.39 is 10.0 Å². The van der Waals surface area contributed by atoms with Crippen LogP contribution in [0.3, 0.4) is 0 Å². The van der Waals surface area contributed by atoms with Gasteiger partial charge in [0, 0.05) is 40.3 Å². The van der Waals surface area contributed by atoms with Crippen LogP contribution in [-0.2, 0) is 21.4 Å². The first-order valence-corrected chi connectivity index (χ1v) is 11.8. The normalized spacial score (nSPS) is 15.6. The summed E-state index contributed by atoms with van der Waals surface area (Å²) in [5, 5.41) is 8.73. The number of nitrogens with two attached hydrogens (primary N) is 1. The molecule has 1 aromatic heterocycles. The van der Waals surface area contributed by atoms with E-state index in [1.807, 2.05) is 12.1 Å². The van der Waals surface area contributed by atoms with E-state index in [1.54, 1.807) is 41.3 Å². The number of rotatable bonds is 5. The highest BCUT2D eigenvalue weighted by Gasteiger charge is 2.34. The Labute approximate surface area is 183 Å². The summed E-state index contributed by atoms with van der Waals surface area (Å²) in [6.07, 6.45) is 0. The molecule has 2 aromatic carbocycles. The van der Waals surface area contributed by atoms with Gasteiger partial charge in [-0.25, -0.2) is 8.42 Å². The summed E-state index contributed by atoms with van der Waals surface area (Å²) < 4.78 is 28.4. The molecule has 0 aliphatic carbocycles. The summed E-state index contributed by atoms with van der Waals surface area (Å²) in [4.78, 5) is 14.3. The third-order valence-electron chi connectivity index (χ3n) is 4.97. The number of amidine groups is 1. The molecule has 0 saturated carbocycles. The molecule has 3 aromatic rings. The number of nitrogens with one attached hydrogen (secondary N) is 1. The van der Waals surface area contributed by atoms with Gasteiger partial charge in [0.15, 0.2) is 0 Å². The van der Waals surface area contributed by atoms with Crippen LogP contribution >= 0.6 is 22.9 Å². The molecule has 1 aliphatic heterocycles. The second kappa shape index (κ2) is 7.99. The number of halogens is 1. The van der Waals surface area contributed by atoms with Crippen LogP contribution < -0.4 is 5.73 Å². The molecule has 7 nitrogen and oxygen atoms in total. The lowest BCUT2D eigenvalue weighted by atomic mass is 10.1. The van der Waals surface area contributed by atoms with Gasteiger partial charge in [-0.3, -0.25) is 10.2 Å². The minimum absolute atomic E-state index is 0.0393. The van der Waals surface area contributed by atoms with Crippen molar-refractivity contribution in [1.29, 1.82) is 5.41 Å². The van der Waals surface area contributed by atoms with Crippen molar-refractivity contribution < 1.29 is 13.2 Å². The van der Waals surface area contributed by atoms with Crippen LogP contribution in [0.15, 0.2) is 52.7 Å². The number of sulfonamides is 1. The number of piperazine rings is 1. The smallest absolute Gasteiger partial charge is 0.253 e. The number of hydrogen-bond donors (Lipinski definition) is 2. The maximum Gasteiger partial charge on any atom is 0.253 e. The highest BCUT2D eigenvalue weighted by atomic mass is 35.5. The zero-order valence-electron chi connectivity index (χ0n) is 15.8. The molecule has 1 fully saturated rings. The van der Waals surface area contributed by atoms with Crippen molar-refractivity contribution >= 4 is 54.8 Å². The first kappa shape index (κ1) is 20.8. The molecule has 4 rings (SSSR count). The fourth-order valence-electron chi connectivity index (χ4n) is 3.37. The maximum atomic E-state index is 13.1. The third kappa shape index (κ3) is 3.93. The van der Waals surface area contributed by atoms with Gasteiger partial charge in [0.25, 0.3) is 10.0 Å². The molecule has 1 amide bonds. The summed E-state index contributed by atoms with van der Waals surface area (Å²) in [5.74, 6) is -0.306. The van der Waals surface area contributed by atoms with E-state index in [9.17, 15) is 13.2 Å². The zero-order valence-corrected chi connectivity index (χ0v) is 18.2. The van der Waals surface area contributed by atoms with Crippen LogP contribution in [0, 0.1) is 5.41 Å². The lowest BCUT2D eigenvalue weighted by Gasteiger charge is -2.33. The zero-order chi connectivity index (χ0) is 21.5. The van der Waals surface area contributed by atoms with Gasteiger partial charge < -0.3 is 10.6 Å². The predicted molar refractivity (Wildman–Crippen MR) is 118 cm³/mol. The van der Waals surface area contributed by atoms with Gasteiger partial charge in [0.05, 0.1) is 6.54 Å². The summed E-state index contributed by atoms with van der Waals surface area (Å²) >= 11 is 7.32. The van der Waals surface area contributed by atoms with Crippen molar-refractivity contribution in [2.24, 2.45) is 5.73 Å². The van der Waals surface area contributed by atoms with Crippen molar-refractivity contribution in [3.05, 3.63) is 64.7 Å². The predicted octanol–water partition coefficient (Wildman–Crippen LogP) is 2.87. The number of carbonyl (C=O) groups excluding carboxylic acids is 1. The van der Waals surface area contributed by atoms with Crippen molar-refractivity contribution in [2.75, 3.05) is 19.6 Å². The van der Waals surface area contributed by atoms with E-state index in [0.29, 0.717) is 22.5 Å². The summed E-state index contributed by atoms with van der Waals surface area (Å²) in [7, 11) is -3.79. The number of fused-ring (bicyclic) bond motifs is 1. The molecule has 0 radical (unpaired) electrons. The maximum absolute atomic E-state index is 13.1. The Balaban J connectivity index is 1.50. The lowest BCUT2D eigenvalue weighted by Crippen LogP contribution is -2.51. The molecular formula is C20H19ClN4O3S2. The van der Waals surface area contributed by atoms with E-state index >= 15 is 0 Å². The molecule has 1 aliphatic rings. The Morgan fingerprint density at radius 3 is 2.63 bits per heavy atom. The van der Waals surface area contributed by atoms with E-state index in [-0.39, 0.29) is 35.6 Å². The molecule has 0 spiro atoms. The lowest BCUT2D eigenvalue weighted by molar-refractivity contribution is -0.134. The first-order valence-electron chi connectivity index (χ1n) is 9.15. The molecule has 0 bridgehead atoms. The van der Waals surface area contributed by atoms with Crippen molar-refractivity contribution in [2.45, 2.75) is 10.8 Å². The second-order valence-corrected chi connectivity index (χ2v) is 10.6. The Morgan fingerprint density at radius 1 is 1.17 bits per heavy atom. The molecule has 10 heteroatoms. The Kier molecular flexibility index (Phi) is 5.54. The van der Waals surface area contributed by atoms with Crippen LogP contribution in [0.1, 0.15) is 11.1 Å². The Hall–Kier alpha value is -2.46. The molecule has 3 N–H and O–H groups in total. The monoisotopic (exact) mass is 462 g/mol.